The first kappa shape index (κ1) is 25.2. The molecule has 1 saturated heterocycles. The van der Waals surface area contributed by atoms with Gasteiger partial charge in [0.15, 0.2) is 6.23 Å². The van der Waals surface area contributed by atoms with Crippen molar-refractivity contribution in [2.75, 3.05) is 11.5 Å². The number of benzene rings is 1. The van der Waals surface area contributed by atoms with E-state index in [-0.39, 0.29) is 5.92 Å². The molecule has 2 aliphatic carbocycles. The molecule has 1 amide bonds. The van der Waals surface area contributed by atoms with Crippen molar-refractivity contribution >= 4 is 11.6 Å². The lowest BCUT2D eigenvalue weighted by Gasteiger charge is -2.45. The number of amides is 1. The Morgan fingerprint density at radius 3 is 2.56 bits per heavy atom. The Hall–Kier alpha value is -2.44. The zero-order valence-electron chi connectivity index (χ0n) is 20.0. The minimum Gasteiger partial charge on any atom is -0.394 e. The summed E-state index contributed by atoms with van der Waals surface area (Å²) in [4.78, 5) is 15.0. The molecule has 9 nitrogen and oxygen atoms in total. The fourth-order valence-electron chi connectivity index (χ4n) is 6.58. The summed E-state index contributed by atoms with van der Waals surface area (Å²) < 4.78 is 33.1. The number of ether oxygens (including phenoxy) is 1. The third-order valence-corrected chi connectivity index (χ3v) is 8.09. The standard InChI is InChI=1S/C25H31F2N3O6/c1-10(2)17-12-6-7-13(17)18-11(12)4-3-5-15(18)30(24(35)14-8-28-29-19(14)23(26)27)25-22(34)21(33)20(32)16(9-31)36-25/h3-5,8,10,12-13,16-17,20-23,25,31-34H,6-7,9H2,1-2H3,(H,28,29)/t12?,13?,16-,17?,20+,21-,22-,25-/m1/s1. The number of nitrogens with zero attached hydrogens (tertiary/aromatic N) is 2. The van der Waals surface area contributed by atoms with Crippen LogP contribution in [0.15, 0.2) is 24.4 Å². The van der Waals surface area contributed by atoms with Gasteiger partial charge in [0, 0.05) is 0 Å². The van der Waals surface area contributed by atoms with Crippen molar-refractivity contribution < 1.29 is 38.7 Å². The van der Waals surface area contributed by atoms with Gasteiger partial charge in [-0.2, -0.15) is 5.10 Å². The molecule has 196 valence electrons. The fourth-order valence-corrected chi connectivity index (χ4v) is 6.58. The molecule has 5 rings (SSSR count). The van der Waals surface area contributed by atoms with E-state index in [9.17, 15) is 34.0 Å². The number of H-pyrrole nitrogens is 1. The molecule has 1 saturated carbocycles. The summed E-state index contributed by atoms with van der Waals surface area (Å²) in [7, 11) is 0. The second-order valence-electron chi connectivity index (χ2n) is 10.3. The van der Waals surface area contributed by atoms with Crippen LogP contribution in [0.4, 0.5) is 14.5 Å². The highest BCUT2D eigenvalue weighted by molar-refractivity contribution is 6.07. The Labute approximate surface area is 206 Å². The van der Waals surface area contributed by atoms with Gasteiger partial charge in [0.1, 0.15) is 30.1 Å². The molecule has 2 bridgehead atoms. The van der Waals surface area contributed by atoms with Crippen LogP contribution in [0, 0.1) is 11.8 Å². The van der Waals surface area contributed by atoms with Crippen LogP contribution < -0.4 is 4.90 Å². The van der Waals surface area contributed by atoms with Crippen molar-refractivity contribution in [2.45, 2.75) is 75.6 Å². The lowest BCUT2D eigenvalue weighted by atomic mass is 9.84. The maximum absolute atomic E-state index is 13.9. The van der Waals surface area contributed by atoms with Gasteiger partial charge < -0.3 is 25.2 Å². The Morgan fingerprint density at radius 2 is 1.89 bits per heavy atom. The van der Waals surface area contributed by atoms with Crippen LogP contribution in [-0.2, 0) is 4.74 Å². The molecule has 36 heavy (non-hydrogen) atoms. The number of aromatic nitrogens is 2. The second kappa shape index (κ2) is 9.46. The predicted molar refractivity (Wildman–Crippen MR) is 124 cm³/mol. The summed E-state index contributed by atoms with van der Waals surface area (Å²) in [6, 6.07) is 5.47. The molecule has 2 heterocycles. The van der Waals surface area contributed by atoms with E-state index in [1.165, 1.54) is 0 Å². The number of aliphatic hydroxyl groups excluding tert-OH is 4. The summed E-state index contributed by atoms with van der Waals surface area (Å²) in [6.45, 7) is 3.62. The highest BCUT2D eigenvalue weighted by atomic mass is 19.3. The molecule has 0 spiro atoms. The number of aromatic amines is 1. The highest BCUT2D eigenvalue weighted by Gasteiger charge is 2.52. The molecular formula is C25H31F2N3O6. The van der Waals surface area contributed by atoms with Crippen LogP contribution >= 0.6 is 0 Å². The second-order valence-corrected chi connectivity index (χ2v) is 10.3. The van der Waals surface area contributed by atoms with E-state index in [4.69, 9.17) is 4.74 Å². The number of nitrogens with one attached hydrogen (secondary N) is 1. The maximum atomic E-state index is 13.9. The number of halogens is 2. The van der Waals surface area contributed by atoms with Gasteiger partial charge in [-0.15, -0.1) is 0 Å². The smallest absolute Gasteiger partial charge is 0.280 e. The SMILES string of the molecule is CC(C)C1C2CCC1c1c2cccc1N(C(=O)c1cn[nH]c1C(F)F)[C@@H]1O[C@H](CO)[C@H](O)[C@@H](O)[C@H]1O. The lowest BCUT2D eigenvalue weighted by Crippen LogP contribution is -2.64. The van der Waals surface area contributed by atoms with Crippen molar-refractivity contribution in [3.05, 3.63) is 46.8 Å². The van der Waals surface area contributed by atoms with E-state index in [1.54, 1.807) is 12.1 Å². The van der Waals surface area contributed by atoms with Gasteiger partial charge in [0.05, 0.1) is 24.1 Å². The number of carbonyl (C=O) groups is 1. The maximum Gasteiger partial charge on any atom is 0.280 e. The molecule has 1 aliphatic heterocycles. The molecule has 0 radical (unpaired) electrons. The highest BCUT2D eigenvalue weighted by Crippen LogP contribution is 2.62. The number of hydrogen-bond acceptors (Lipinski definition) is 7. The van der Waals surface area contributed by atoms with Gasteiger partial charge in [0.25, 0.3) is 12.3 Å². The van der Waals surface area contributed by atoms with Crippen LogP contribution in [0.3, 0.4) is 0 Å². The van der Waals surface area contributed by atoms with Crippen LogP contribution in [-0.4, -0.2) is 73.8 Å². The molecule has 3 unspecified atom stereocenters. The minimum atomic E-state index is -3.01. The van der Waals surface area contributed by atoms with Crippen molar-refractivity contribution in [3.63, 3.8) is 0 Å². The normalized spacial score (nSPS) is 33.4. The summed E-state index contributed by atoms with van der Waals surface area (Å²) in [5.74, 6) is 0.236. The van der Waals surface area contributed by atoms with E-state index in [0.717, 1.165) is 35.1 Å². The molecule has 2 fully saturated rings. The molecule has 3 aliphatic rings. The van der Waals surface area contributed by atoms with E-state index in [1.807, 2.05) is 6.07 Å². The van der Waals surface area contributed by atoms with Gasteiger partial charge in [-0.05, 0) is 53.7 Å². The summed E-state index contributed by atoms with van der Waals surface area (Å²) >= 11 is 0. The zero-order chi connectivity index (χ0) is 25.9. The summed E-state index contributed by atoms with van der Waals surface area (Å²) in [6.07, 6.45) is -8.09. The Morgan fingerprint density at radius 1 is 1.17 bits per heavy atom. The first-order valence-electron chi connectivity index (χ1n) is 12.3. The van der Waals surface area contributed by atoms with Gasteiger partial charge in [0.2, 0.25) is 0 Å². The van der Waals surface area contributed by atoms with Gasteiger partial charge in [-0.1, -0.05) is 26.0 Å². The third-order valence-electron chi connectivity index (χ3n) is 8.09. The van der Waals surface area contributed by atoms with Crippen molar-refractivity contribution in [1.29, 1.82) is 0 Å². The number of alkyl halides is 2. The Kier molecular flexibility index (Phi) is 6.63. The molecule has 2 aromatic rings. The number of hydrogen-bond donors (Lipinski definition) is 5. The van der Waals surface area contributed by atoms with Crippen molar-refractivity contribution in [1.82, 2.24) is 10.2 Å². The molecule has 8 atom stereocenters. The number of rotatable bonds is 6. The molecule has 5 N–H and O–H groups in total. The third kappa shape index (κ3) is 3.76. The van der Waals surface area contributed by atoms with Crippen molar-refractivity contribution in [3.8, 4) is 0 Å². The van der Waals surface area contributed by atoms with Crippen molar-refractivity contribution in [2.24, 2.45) is 11.8 Å². The molecule has 11 heteroatoms. The first-order chi connectivity index (χ1) is 17.2. The number of anilines is 1. The van der Waals surface area contributed by atoms with Gasteiger partial charge in [-0.25, -0.2) is 8.78 Å². The fraction of sp³-hybridized carbons (Fsp3) is 0.600. The average Bonchev–Trinajstić information content (AvgIpc) is 3.58. The Bertz CT molecular complexity index is 1120. The van der Waals surface area contributed by atoms with E-state index >= 15 is 0 Å². The molecule has 1 aromatic carbocycles. The Balaban J connectivity index is 1.66. The summed E-state index contributed by atoms with van der Waals surface area (Å²) in [5, 5.41) is 47.2. The van der Waals surface area contributed by atoms with E-state index < -0.39 is 60.8 Å². The van der Waals surface area contributed by atoms with E-state index in [2.05, 4.69) is 24.0 Å². The quantitative estimate of drug-likeness (QED) is 0.403. The number of aliphatic hydroxyl groups is 4. The minimum absolute atomic E-state index is 0.125. The van der Waals surface area contributed by atoms with E-state index in [0.29, 0.717) is 23.4 Å². The zero-order valence-corrected chi connectivity index (χ0v) is 20.0. The molecular weight excluding hydrogens is 476 g/mol. The number of fused-ring (bicyclic) bond motifs is 5. The average molecular weight is 508 g/mol. The van der Waals surface area contributed by atoms with Gasteiger partial charge >= 0.3 is 0 Å². The number of carbonyl (C=O) groups excluding carboxylic acids is 1. The lowest BCUT2D eigenvalue weighted by molar-refractivity contribution is -0.226. The molecule has 1 aromatic heterocycles. The van der Waals surface area contributed by atoms with Crippen LogP contribution in [0.25, 0.3) is 0 Å². The monoisotopic (exact) mass is 507 g/mol. The van der Waals surface area contributed by atoms with Crippen LogP contribution in [0.5, 0.6) is 0 Å². The van der Waals surface area contributed by atoms with Gasteiger partial charge in [-0.3, -0.25) is 14.8 Å². The van der Waals surface area contributed by atoms with Crippen LogP contribution in [0.2, 0.25) is 0 Å². The first-order valence-corrected chi connectivity index (χ1v) is 12.3. The summed E-state index contributed by atoms with van der Waals surface area (Å²) in [5.41, 5.74) is 1.29. The topological polar surface area (TPSA) is 139 Å². The van der Waals surface area contributed by atoms with Crippen LogP contribution in [0.1, 0.15) is 72.1 Å². The predicted octanol–water partition coefficient (Wildman–Crippen LogP) is 2.04. The largest absolute Gasteiger partial charge is 0.394 e.